The van der Waals surface area contributed by atoms with Crippen LogP contribution in [0.3, 0.4) is 0 Å². The fraction of sp³-hybridized carbons (Fsp3) is 0.194. The van der Waals surface area contributed by atoms with Gasteiger partial charge >= 0.3 is 0 Å². The summed E-state index contributed by atoms with van der Waals surface area (Å²) in [4.78, 5) is 60.8. The number of fused-ring (bicyclic) bond motifs is 4. The number of Topliss-reactive ketones (excluding diaryl/α,β-unsaturated/α-hetero) is 1. The molecule has 0 radical (unpaired) electrons. The third-order valence-corrected chi connectivity index (χ3v) is 10.1. The number of aromatic hydroxyl groups is 1. The highest BCUT2D eigenvalue weighted by atomic mass is 79.9. The van der Waals surface area contributed by atoms with E-state index in [0.29, 0.717) is 39.6 Å². The Bertz CT molecular complexity index is 2090. The minimum absolute atomic E-state index is 0.0942. The number of rotatable bonds is 4. The zero-order chi connectivity index (χ0) is 31.9. The van der Waals surface area contributed by atoms with Crippen LogP contribution in [0, 0.1) is 17.8 Å². The Morgan fingerprint density at radius 1 is 0.978 bits per heavy atom. The van der Waals surface area contributed by atoms with Gasteiger partial charge < -0.3 is 14.3 Å². The second kappa shape index (κ2) is 10.5. The van der Waals surface area contributed by atoms with Crippen LogP contribution in [0.25, 0.3) is 22.6 Å². The Labute approximate surface area is 271 Å². The Kier molecular flexibility index (Phi) is 6.47. The van der Waals surface area contributed by atoms with Crippen molar-refractivity contribution >= 4 is 56.1 Å². The van der Waals surface area contributed by atoms with Gasteiger partial charge in [0.05, 0.1) is 29.1 Å². The molecule has 1 fully saturated rings. The van der Waals surface area contributed by atoms with E-state index in [9.17, 15) is 24.3 Å². The molecule has 4 atom stereocenters. The molecular weight excluding hydrogens is 652 g/mol. The number of halogens is 1. The van der Waals surface area contributed by atoms with Gasteiger partial charge in [0.2, 0.25) is 17.7 Å². The molecule has 1 aliphatic heterocycles. The fourth-order valence-electron chi connectivity index (χ4n) is 7.46. The molecule has 9 nitrogen and oxygen atoms in total. The van der Waals surface area contributed by atoms with E-state index in [-0.39, 0.29) is 52.0 Å². The highest BCUT2D eigenvalue weighted by Gasteiger charge is 2.57. The number of phenolic OH excluding ortho intramolecular Hbond substituents is 1. The molecule has 1 aromatic heterocycles. The normalized spacial score (nSPS) is 24.1. The minimum atomic E-state index is -0.763. The number of nitrogens with zero attached hydrogens (tertiary/aromatic N) is 2. The average molecular weight is 678 g/mol. The van der Waals surface area contributed by atoms with Crippen LogP contribution in [0.4, 0.5) is 5.69 Å². The number of imide groups is 1. The lowest BCUT2D eigenvalue weighted by Crippen LogP contribution is -2.39. The third kappa shape index (κ3) is 4.16. The number of aromatic nitrogens is 1. The summed E-state index contributed by atoms with van der Waals surface area (Å²) in [7, 11) is 1.49. The fourth-order valence-corrected chi connectivity index (χ4v) is 7.91. The van der Waals surface area contributed by atoms with Crippen LogP contribution in [-0.4, -0.2) is 40.6 Å². The molecule has 0 spiro atoms. The maximum Gasteiger partial charge on any atom is 0.238 e. The summed E-state index contributed by atoms with van der Waals surface area (Å²) in [5.41, 5.74) is 4.29. The van der Waals surface area contributed by atoms with E-state index in [1.807, 2.05) is 30.3 Å². The van der Waals surface area contributed by atoms with Crippen LogP contribution in [0.15, 0.2) is 105 Å². The summed E-state index contributed by atoms with van der Waals surface area (Å²) in [6.07, 6.45) is 3.60. The highest BCUT2D eigenvalue weighted by molar-refractivity contribution is 9.12. The molecule has 1 saturated heterocycles. The molecule has 4 unspecified atom stereocenters. The number of methoxy groups -OCH3 is 1. The molecule has 1 N–H and O–H groups in total. The van der Waals surface area contributed by atoms with Gasteiger partial charge in [-0.05, 0) is 77.2 Å². The smallest absolute Gasteiger partial charge is 0.238 e. The number of benzene rings is 3. The van der Waals surface area contributed by atoms with E-state index in [1.165, 1.54) is 24.2 Å². The number of hydrogen-bond acceptors (Lipinski definition) is 8. The molecule has 10 heteroatoms. The number of allylic oxidation sites excluding steroid dienone is 6. The van der Waals surface area contributed by atoms with Crippen molar-refractivity contribution in [2.24, 2.45) is 17.8 Å². The number of carbonyl (C=O) groups excluding carboxylic acids is 4. The number of anilines is 1. The van der Waals surface area contributed by atoms with Crippen molar-refractivity contribution in [3.05, 3.63) is 106 Å². The van der Waals surface area contributed by atoms with Gasteiger partial charge in [-0.25, -0.2) is 4.98 Å². The zero-order valence-electron chi connectivity index (χ0n) is 24.4. The lowest BCUT2D eigenvalue weighted by Gasteiger charge is -2.42. The molecule has 2 heterocycles. The minimum Gasteiger partial charge on any atom is -0.507 e. The van der Waals surface area contributed by atoms with E-state index in [4.69, 9.17) is 9.15 Å². The summed E-state index contributed by atoms with van der Waals surface area (Å²) in [5, 5.41) is 11.1. The van der Waals surface area contributed by atoms with Gasteiger partial charge in [0.1, 0.15) is 17.0 Å². The number of hydrogen-bond donors (Lipinski definition) is 1. The molecule has 0 saturated carbocycles. The van der Waals surface area contributed by atoms with Crippen molar-refractivity contribution in [2.75, 3.05) is 12.0 Å². The lowest BCUT2D eigenvalue weighted by atomic mass is 9.59. The van der Waals surface area contributed by atoms with E-state index in [1.54, 1.807) is 36.4 Å². The van der Waals surface area contributed by atoms with Gasteiger partial charge in [-0.2, -0.15) is 0 Å². The maximum absolute atomic E-state index is 14.2. The first-order valence-corrected chi connectivity index (χ1v) is 15.6. The van der Waals surface area contributed by atoms with Gasteiger partial charge in [0.25, 0.3) is 0 Å². The molecule has 3 aromatic carbocycles. The van der Waals surface area contributed by atoms with Crippen molar-refractivity contribution in [1.29, 1.82) is 0 Å². The summed E-state index contributed by atoms with van der Waals surface area (Å²) in [6.45, 7) is 0. The monoisotopic (exact) mass is 676 g/mol. The largest absolute Gasteiger partial charge is 0.507 e. The van der Waals surface area contributed by atoms with Gasteiger partial charge in [0.15, 0.2) is 17.1 Å². The lowest BCUT2D eigenvalue weighted by molar-refractivity contribution is -0.123. The number of para-hydroxylation sites is 2. The molecule has 46 heavy (non-hydrogen) atoms. The van der Waals surface area contributed by atoms with Crippen LogP contribution in [0.2, 0.25) is 0 Å². The number of carbonyl (C=O) groups is 4. The second-order valence-corrected chi connectivity index (χ2v) is 12.7. The van der Waals surface area contributed by atoms with Gasteiger partial charge in [-0.15, -0.1) is 0 Å². The summed E-state index contributed by atoms with van der Waals surface area (Å²) >= 11 is 3.24. The van der Waals surface area contributed by atoms with E-state index < -0.39 is 23.7 Å². The Morgan fingerprint density at radius 3 is 2.50 bits per heavy atom. The molecular formula is C36H25BrN2O7. The predicted molar refractivity (Wildman–Crippen MR) is 171 cm³/mol. The zero-order valence-corrected chi connectivity index (χ0v) is 26.0. The van der Waals surface area contributed by atoms with Crippen LogP contribution in [-0.2, 0) is 19.2 Å². The summed E-state index contributed by atoms with van der Waals surface area (Å²) in [6, 6.07) is 19.2. The second-order valence-electron chi connectivity index (χ2n) is 11.9. The van der Waals surface area contributed by atoms with Crippen molar-refractivity contribution in [3.8, 4) is 23.0 Å². The average Bonchev–Trinajstić information content (AvgIpc) is 3.61. The van der Waals surface area contributed by atoms with Crippen molar-refractivity contribution in [3.63, 3.8) is 0 Å². The quantitative estimate of drug-likeness (QED) is 0.154. The SMILES string of the molecule is COc1ccc(C2C3=CCC4C(=O)N(c5ccc(-c6nc7ccccc7o6)cc5)C(=O)C4C3CC3=C2C(=O)C=C(Br)C3=O)c(O)c1. The number of phenols is 1. The summed E-state index contributed by atoms with van der Waals surface area (Å²) < 4.78 is 11.3. The third-order valence-electron chi connectivity index (χ3n) is 9.55. The first kappa shape index (κ1) is 28.4. The van der Waals surface area contributed by atoms with Crippen LogP contribution >= 0.6 is 15.9 Å². The standard InChI is InChI=1S/C36H25BrN2O7/c1-45-19-10-11-21(27(40)14-19)30-20-12-13-22-31(23(20)15-24-32(30)28(41)16-25(37)33(24)42)36(44)39(35(22)43)18-8-6-17(7-9-18)34-38-26-4-2-3-5-29(26)46-34/h2-12,14,16,22-23,30-31,40H,13,15H2,1H3. The highest BCUT2D eigenvalue weighted by Crippen LogP contribution is 2.56. The van der Waals surface area contributed by atoms with Crippen molar-refractivity contribution < 1.29 is 33.4 Å². The van der Waals surface area contributed by atoms with Gasteiger partial charge in [0, 0.05) is 40.3 Å². The van der Waals surface area contributed by atoms with E-state index in [2.05, 4.69) is 20.9 Å². The number of ether oxygens (including phenoxy) is 1. The van der Waals surface area contributed by atoms with Crippen LogP contribution < -0.4 is 9.64 Å². The topological polar surface area (TPSA) is 127 Å². The van der Waals surface area contributed by atoms with Crippen LogP contribution in [0.5, 0.6) is 11.5 Å². The molecule has 0 bridgehead atoms. The van der Waals surface area contributed by atoms with Gasteiger partial charge in [-0.1, -0.05) is 29.8 Å². The van der Waals surface area contributed by atoms with Crippen LogP contribution in [0.1, 0.15) is 24.3 Å². The molecule has 4 aliphatic rings. The van der Waals surface area contributed by atoms with E-state index in [0.717, 1.165) is 11.1 Å². The van der Waals surface area contributed by atoms with E-state index >= 15 is 0 Å². The number of ketones is 2. The number of oxazole rings is 1. The maximum atomic E-state index is 14.2. The molecule has 8 rings (SSSR count). The number of amides is 2. The molecule has 2 amide bonds. The molecule has 228 valence electrons. The Morgan fingerprint density at radius 2 is 1.76 bits per heavy atom. The molecule has 3 aliphatic carbocycles. The predicted octanol–water partition coefficient (Wildman–Crippen LogP) is 6.18. The Balaban J connectivity index is 1.17. The summed E-state index contributed by atoms with van der Waals surface area (Å²) in [5.74, 6) is -3.22. The van der Waals surface area contributed by atoms with Crippen molar-refractivity contribution in [1.82, 2.24) is 4.98 Å². The van der Waals surface area contributed by atoms with Crippen molar-refractivity contribution in [2.45, 2.75) is 18.8 Å². The Hall–Kier alpha value is -5.09. The first-order valence-electron chi connectivity index (χ1n) is 14.8. The van der Waals surface area contributed by atoms with Gasteiger partial charge in [-0.3, -0.25) is 24.1 Å². The molecule has 4 aromatic rings. The first-order chi connectivity index (χ1) is 22.2.